The van der Waals surface area contributed by atoms with E-state index in [0.717, 1.165) is 10.0 Å². The maximum Gasteiger partial charge on any atom is 0.256 e. The number of rotatable bonds is 3. The molecule has 7 nitrogen and oxygen atoms in total. The number of nitrogens with two attached hydrogens (primary N) is 1. The number of amides is 1. The van der Waals surface area contributed by atoms with Gasteiger partial charge < -0.3 is 16.3 Å². The van der Waals surface area contributed by atoms with Crippen molar-refractivity contribution in [3.05, 3.63) is 45.6 Å². The number of nitrogens with one attached hydrogen (secondary N) is 2. The van der Waals surface area contributed by atoms with Crippen LogP contribution in [-0.4, -0.2) is 27.1 Å². The van der Waals surface area contributed by atoms with Crippen LogP contribution in [0.1, 0.15) is 21.5 Å². The number of carbonyl (C=O) groups excluding carboxylic acids is 1. The van der Waals surface area contributed by atoms with E-state index in [0.29, 0.717) is 11.1 Å². The number of anilines is 1. The molecule has 0 saturated heterocycles. The van der Waals surface area contributed by atoms with Crippen molar-refractivity contribution in [2.24, 2.45) is 10.9 Å². The molecule has 0 aliphatic rings. The van der Waals surface area contributed by atoms with E-state index in [1.54, 1.807) is 18.2 Å². The number of amidine groups is 1. The average molecular weight is 338 g/mol. The number of halogens is 1. The third-order valence-electron chi connectivity index (χ3n) is 2.68. The summed E-state index contributed by atoms with van der Waals surface area (Å²) in [6, 6.07) is 5.23. The lowest BCUT2D eigenvalue weighted by molar-refractivity contribution is 0.102. The zero-order chi connectivity index (χ0) is 14.7. The molecular weight excluding hydrogens is 326 g/mol. The Kier molecular flexibility index (Phi) is 4.04. The number of carbonyl (C=O) groups is 1. The predicted molar refractivity (Wildman–Crippen MR) is 77.9 cm³/mol. The molecule has 2 rings (SSSR count). The maximum absolute atomic E-state index is 12.1. The number of benzene rings is 1. The second-order valence-electron chi connectivity index (χ2n) is 4.06. The van der Waals surface area contributed by atoms with E-state index in [4.69, 9.17) is 10.9 Å². The standard InChI is InChI=1S/C12H12BrN5O2/c1-6-4-7(2-3-9(6)13)12(19)16-11-8(5-15-17-11)10(14)18-20/h2-5,20H,1H3,(H2,14,18)(H2,15,16,17,19). The van der Waals surface area contributed by atoms with Gasteiger partial charge in [-0.3, -0.25) is 9.89 Å². The van der Waals surface area contributed by atoms with Crippen LogP contribution >= 0.6 is 15.9 Å². The quantitative estimate of drug-likeness (QED) is 0.296. The molecule has 20 heavy (non-hydrogen) atoms. The molecule has 104 valence electrons. The summed E-state index contributed by atoms with van der Waals surface area (Å²) in [6.45, 7) is 1.89. The van der Waals surface area contributed by atoms with E-state index < -0.39 is 0 Å². The number of aryl methyl sites for hydroxylation is 1. The minimum atomic E-state index is -0.322. The molecule has 0 bridgehead atoms. The summed E-state index contributed by atoms with van der Waals surface area (Å²) in [5, 5.41) is 20.5. The highest BCUT2D eigenvalue weighted by Crippen LogP contribution is 2.18. The minimum Gasteiger partial charge on any atom is -0.409 e. The van der Waals surface area contributed by atoms with Crippen molar-refractivity contribution in [2.45, 2.75) is 6.92 Å². The van der Waals surface area contributed by atoms with Crippen molar-refractivity contribution >= 4 is 33.5 Å². The van der Waals surface area contributed by atoms with E-state index in [-0.39, 0.29) is 17.6 Å². The highest BCUT2D eigenvalue weighted by atomic mass is 79.9. The lowest BCUT2D eigenvalue weighted by Crippen LogP contribution is -2.18. The molecule has 0 aliphatic carbocycles. The van der Waals surface area contributed by atoms with Crippen LogP contribution in [0.4, 0.5) is 5.82 Å². The summed E-state index contributed by atoms with van der Waals surface area (Å²) < 4.78 is 0.924. The number of hydrogen-bond acceptors (Lipinski definition) is 4. The van der Waals surface area contributed by atoms with Gasteiger partial charge in [-0.2, -0.15) is 5.10 Å². The fourth-order valence-electron chi connectivity index (χ4n) is 1.60. The Morgan fingerprint density at radius 3 is 2.95 bits per heavy atom. The van der Waals surface area contributed by atoms with E-state index in [1.807, 2.05) is 6.92 Å². The summed E-state index contributed by atoms with van der Waals surface area (Å²) in [4.78, 5) is 12.1. The molecule has 0 radical (unpaired) electrons. The monoisotopic (exact) mass is 337 g/mol. The van der Waals surface area contributed by atoms with Gasteiger partial charge in [0, 0.05) is 10.0 Å². The fraction of sp³-hybridized carbons (Fsp3) is 0.0833. The van der Waals surface area contributed by atoms with Gasteiger partial charge in [-0.05, 0) is 30.7 Å². The molecule has 1 aromatic heterocycles. The van der Waals surface area contributed by atoms with Crippen molar-refractivity contribution in [1.29, 1.82) is 0 Å². The largest absolute Gasteiger partial charge is 0.409 e. The summed E-state index contributed by atoms with van der Waals surface area (Å²) in [5.41, 5.74) is 7.23. The molecule has 1 amide bonds. The molecule has 0 fully saturated rings. The Morgan fingerprint density at radius 2 is 2.30 bits per heavy atom. The number of H-pyrrole nitrogens is 1. The first-order valence-electron chi connectivity index (χ1n) is 5.61. The number of hydrogen-bond donors (Lipinski definition) is 4. The lowest BCUT2D eigenvalue weighted by Gasteiger charge is -2.06. The van der Waals surface area contributed by atoms with Crippen LogP contribution in [0.2, 0.25) is 0 Å². The second kappa shape index (κ2) is 5.74. The molecule has 1 aromatic carbocycles. The molecule has 5 N–H and O–H groups in total. The second-order valence-corrected chi connectivity index (χ2v) is 4.92. The Hall–Kier alpha value is -2.35. The van der Waals surface area contributed by atoms with Crippen LogP contribution in [-0.2, 0) is 0 Å². The first-order chi connectivity index (χ1) is 9.52. The van der Waals surface area contributed by atoms with E-state index in [9.17, 15) is 4.79 Å². The number of aromatic nitrogens is 2. The Labute approximate surface area is 123 Å². The average Bonchev–Trinajstić information content (AvgIpc) is 2.89. The molecule has 0 spiro atoms. The SMILES string of the molecule is Cc1cc(C(=O)Nc2[nH]ncc2/C(N)=N/O)ccc1Br. The molecule has 2 aromatic rings. The maximum atomic E-state index is 12.1. The van der Waals surface area contributed by atoms with Crippen LogP contribution < -0.4 is 11.1 Å². The van der Waals surface area contributed by atoms with Crippen LogP contribution in [0, 0.1) is 6.92 Å². The first kappa shape index (κ1) is 14.1. The summed E-state index contributed by atoms with van der Waals surface area (Å²) in [5.74, 6) is -0.191. The molecule has 1 heterocycles. The van der Waals surface area contributed by atoms with Gasteiger partial charge in [0.2, 0.25) is 0 Å². The number of oxime groups is 1. The minimum absolute atomic E-state index is 0.138. The summed E-state index contributed by atoms with van der Waals surface area (Å²) >= 11 is 3.37. The van der Waals surface area contributed by atoms with Gasteiger partial charge in [0.25, 0.3) is 5.91 Å². The van der Waals surface area contributed by atoms with E-state index >= 15 is 0 Å². The van der Waals surface area contributed by atoms with Crippen LogP contribution in [0.25, 0.3) is 0 Å². The first-order valence-corrected chi connectivity index (χ1v) is 6.41. The van der Waals surface area contributed by atoms with E-state index in [1.165, 1.54) is 6.20 Å². The van der Waals surface area contributed by atoms with Crippen molar-refractivity contribution in [3.63, 3.8) is 0 Å². The summed E-state index contributed by atoms with van der Waals surface area (Å²) in [6.07, 6.45) is 1.36. The Morgan fingerprint density at radius 1 is 1.55 bits per heavy atom. The van der Waals surface area contributed by atoms with Gasteiger partial charge in [-0.1, -0.05) is 21.1 Å². The summed E-state index contributed by atoms with van der Waals surface area (Å²) in [7, 11) is 0. The number of aromatic amines is 1. The highest BCUT2D eigenvalue weighted by Gasteiger charge is 2.14. The third kappa shape index (κ3) is 2.80. The fourth-order valence-corrected chi connectivity index (χ4v) is 1.85. The number of nitrogens with zero attached hydrogens (tertiary/aromatic N) is 2. The van der Waals surface area contributed by atoms with Gasteiger partial charge in [-0.25, -0.2) is 0 Å². The zero-order valence-electron chi connectivity index (χ0n) is 10.5. The van der Waals surface area contributed by atoms with Gasteiger partial charge >= 0.3 is 0 Å². The van der Waals surface area contributed by atoms with Gasteiger partial charge in [0.05, 0.1) is 11.8 Å². The van der Waals surface area contributed by atoms with Crippen molar-refractivity contribution < 1.29 is 10.0 Å². The van der Waals surface area contributed by atoms with Crippen LogP contribution in [0.3, 0.4) is 0 Å². The molecule has 0 aliphatic heterocycles. The van der Waals surface area contributed by atoms with Crippen LogP contribution in [0.15, 0.2) is 34.0 Å². The van der Waals surface area contributed by atoms with E-state index in [2.05, 4.69) is 36.6 Å². The van der Waals surface area contributed by atoms with Crippen molar-refractivity contribution in [2.75, 3.05) is 5.32 Å². The van der Waals surface area contributed by atoms with Crippen LogP contribution in [0.5, 0.6) is 0 Å². The molecular formula is C12H12BrN5O2. The topological polar surface area (TPSA) is 116 Å². The normalized spacial score (nSPS) is 11.4. The van der Waals surface area contributed by atoms with Crippen molar-refractivity contribution in [1.82, 2.24) is 10.2 Å². The predicted octanol–water partition coefficient (Wildman–Crippen LogP) is 1.83. The molecule has 0 unspecified atom stereocenters. The van der Waals surface area contributed by atoms with Gasteiger partial charge in [-0.15, -0.1) is 0 Å². The Balaban J connectivity index is 2.24. The smallest absolute Gasteiger partial charge is 0.256 e. The highest BCUT2D eigenvalue weighted by molar-refractivity contribution is 9.10. The molecule has 0 saturated carbocycles. The lowest BCUT2D eigenvalue weighted by atomic mass is 10.1. The zero-order valence-corrected chi connectivity index (χ0v) is 12.1. The Bertz CT molecular complexity index is 680. The van der Waals surface area contributed by atoms with Crippen molar-refractivity contribution in [3.8, 4) is 0 Å². The molecule has 8 heteroatoms. The van der Waals surface area contributed by atoms with Gasteiger partial charge in [0.15, 0.2) is 5.84 Å². The molecule has 0 atom stereocenters. The van der Waals surface area contributed by atoms with Gasteiger partial charge in [0.1, 0.15) is 5.82 Å². The third-order valence-corrected chi connectivity index (χ3v) is 3.57.